The molecule has 5 aliphatic rings. The number of hydrogen-bond acceptors (Lipinski definition) is 3. The molecule has 5 fully saturated rings. The first kappa shape index (κ1) is 15.7. The van der Waals surface area contributed by atoms with E-state index in [0.717, 1.165) is 12.5 Å². The number of hydrogen-bond donors (Lipinski definition) is 1. The molecule has 25 heavy (non-hydrogen) atoms. The molecule has 5 atom stereocenters. The first-order valence-corrected chi connectivity index (χ1v) is 10.0. The predicted octanol–water partition coefficient (Wildman–Crippen LogP) is 3.39. The monoisotopic (exact) mass is 340 g/mol. The zero-order chi connectivity index (χ0) is 16.8. The van der Waals surface area contributed by atoms with E-state index in [9.17, 15) is 4.79 Å². The lowest BCUT2D eigenvalue weighted by molar-refractivity contribution is -0.0345. The molecule has 134 valence electrons. The van der Waals surface area contributed by atoms with E-state index in [1.807, 2.05) is 0 Å². The SMILES string of the molecule is O=C(NC1C2CCC(C2)C1c1ccccc1)O[C@H]1CN2CCC1CC2. The summed E-state index contributed by atoms with van der Waals surface area (Å²) < 4.78 is 5.89. The predicted molar refractivity (Wildman–Crippen MR) is 96.4 cm³/mol. The fourth-order valence-corrected chi connectivity index (χ4v) is 6.01. The second kappa shape index (κ2) is 6.31. The van der Waals surface area contributed by atoms with E-state index in [1.165, 1.54) is 50.8 Å². The molecule has 1 amide bonds. The third-order valence-electron chi connectivity index (χ3n) is 7.24. The van der Waals surface area contributed by atoms with Crippen LogP contribution in [0.25, 0.3) is 0 Å². The number of alkyl carbamates (subject to hydrolysis) is 1. The molecule has 1 aromatic rings. The number of nitrogens with zero attached hydrogens (tertiary/aromatic N) is 1. The lowest BCUT2D eigenvalue weighted by atomic mass is 9.80. The first-order chi connectivity index (χ1) is 12.3. The van der Waals surface area contributed by atoms with Crippen molar-refractivity contribution < 1.29 is 9.53 Å². The minimum atomic E-state index is -0.183. The van der Waals surface area contributed by atoms with Gasteiger partial charge in [-0.3, -0.25) is 4.90 Å². The lowest BCUT2D eigenvalue weighted by Gasteiger charge is -2.44. The summed E-state index contributed by atoms with van der Waals surface area (Å²) in [4.78, 5) is 15.1. The Morgan fingerprint density at radius 3 is 2.48 bits per heavy atom. The van der Waals surface area contributed by atoms with Crippen LogP contribution in [-0.2, 0) is 4.74 Å². The van der Waals surface area contributed by atoms with E-state index in [-0.39, 0.29) is 18.2 Å². The Kier molecular flexibility index (Phi) is 3.96. The molecule has 1 aromatic carbocycles. The van der Waals surface area contributed by atoms with Crippen LogP contribution in [0.2, 0.25) is 0 Å². The van der Waals surface area contributed by atoms with Gasteiger partial charge in [0.25, 0.3) is 0 Å². The molecule has 0 radical (unpaired) electrons. The van der Waals surface area contributed by atoms with Crippen LogP contribution < -0.4 is 5.32 Å². The highest BCUT2D eigenvalue weighted by molar-refractivity contribution is 5.68. The zero-order valence-corrected chi connectivity index (χ0v) is 14.8. The zero-order valence-electron chi connectivity index (χ0n) is 14.8. The quantitative estimate of drug-likeness (QED) is 0.917. The molecule has 4 heteroatoms. The van der Waals surface area contributed by atoms with E-state index in [0.29, 0.717) is 17.8 Å². The molecule has 3 saturated heterocycles. The van der Waals surface area contributed by atoms with Crippen molar-refractivity contribution >= 4 is 6.09 Å². The first-order valence-electron chi connectivity index (χ1n) is 10.0. The largest absolute Gasteiger partial charge is 0.445 e. The van der Waals surface area contributed by atoms with Gasteiger partial charge in [0.1, 0.15) is 6.10 Å². The summed E-state index contributed by atoms with van der Waals surface area (Å²) in [6, 6.07) is 11.0. The van der Waals surface area contributed by atoms with Crippen LogP contribution in [0.5, 0.6) is 0 Å². The van der Waals surface area contributed by atoms with E-state index in [1.54, 1.807) is 0 Å². The van der Waals surface area contributed by atoms with Crippen LogP contribution in [0, 0.1) is 17.8 Å². The van der Waals surface area contributed by atoms with E-state index in [2.05, 4.69) is 40.5 Å². The Bertz CT molecular complexity index is 626. The Morgan fingerprint density at radius 2 is 1.76 bits per heavy atom. The third-order valence-corrected chi connectivity index (χ3v) is 7.24. The Hall–Kier alpha value is -1.55. The second-order valence-electron chi connectivity index (χ2n) is 8.52. The summed E-state index contributed by atoms with van der Waals surface area (Å²) in [6.45, 7) is 3.28. The van der Waals surface area contributed by atoms with Gasteiger partial charge in [0, 0.05) is 18.5 Å². The van der Waals surface area contributed by atoms with Gasteiger partial charge in [-0.05, 0) is 68.5 Å². The van der Waals surface area contributed by atoms with Crippen molar-refractivity contribution in [3.63, 3.8) is 0 Å². The number of nitrogens with one attached hydrogen (secondary N) is 1. The van der Waals surface area contributed by atoms with Crippen molar-refractivity contribution in [2.45, 2.75) is 50.2 Å². The van der Waals surface area contributed by atoms with E-state index < -0.39 is 0 Å². The molecule has 3 aliphatic heterocycles. The topological polar surface area (TPSA) is 41.6 Å². The summed E-state index contributed by atoms with van der Waals surface area (Å²) in [6.07, 6.45) is 6.07. The fourth-order valence-electron chi connectivity index (χ4n) is 6.01. The fraction of sp³-hybridized carbons (Fsp3) is 0.667. The average Bonchev–Trinajstić information content (AvgIpc) is 3.25. The Morgan fingerprint density at radius 1 is 1.00 bits per heavy atom. The van der Waals surface area contributed by atoms with Gasteiger partial charge >= 0.3 is 6.09 Å². The standard InChI is InChI=1S/C21H28N2O2/c24-21(25-18-13-23-10-8-14(18)9-11-23)22-20-17-7-6-16(12-17)19(20)15-4-2-1-3-5-15/h1-5,14,16-20H,6-13H2,(H,22,24)/t16?,17?,18-,19?,20?/m0/s1. The minimum absolute atomic E-state index is 0.0938. The maximum Gasteiger partial charge on any atom is 0.407 e. The number of piperidine rings is 3. The van der Waals surface area contributed by atoms with Gasteiger partial charge in [-0.15, -0.1) is 0 Å². The van der Waals surface area contributed by atoms with Crippen LogP contribution in [0.15, 0.2) is 30.3 Å². The number of fused-ring (bicyclic) bond motifs is 5. The molecule has 3 heterocycles. The van der Waals surface area contributed by atoms with Crippen molar-refractivity contribution in [3.8, 4) is 0 Å². The lowest BCUT2D eigenvalue weighted by Crippen LogP contribution is -2.53. The Labute approximate surface area is 149 Å². The summed E-state index contributed by atoms with van der Waals surface area (Å²) in [5.74, 6) is 2.36. The normalized spacial score (nSPS) is 41.7. The number of benzene rings is 1. The molecule has 2 aliphatic carbocycles. The van der Waals surface area contributed by atoms with Crippen molar-refractivity contribution in [1.82, 2.24) is 10.2 Å². The van der Waals surface area contributed by atoms with Gasteiger partial charge in [-0.2, -0.15) is 0 Å². The number of carbonyl (C=O) groups is 1. The van der Waals surface area contributed by atoms with Crippen molar-refractivity contribution in [1.29, 1.82) is 0 Å². The van der Waals surface area contributed by atoms with Gasteiger partial charge < -0.3 is 10.1 Å². The summed E-state index contributed by atoms with van der Waals surface area (Å²) >= 11 is 0. The van der Waals surface area contributed by atoms with Gasteiger partial charge in [-0.25, -0.2) is 4.79 Å². The van der Waals surface area contributed by atoms with Crippen LogP contribution in [0.4, 0.5) is 4.79 Å². The molecule has 4 nitrogen and oxygen atoms in total. The number of amides is 1. The van der Waals surface area contributed by atoms with Crippen LogP contribution in [0.1, 0.15) is 43.6 Å². The molecule has 4 bridgehead atoms. The van der Waals surface area contributed by atoms with E-state index >= 15 is 0 Å². The minimum Gasteiger partial charge on any atom is -0.445 e. The van der Waals surface area contributed by atoms with Crippen molar-refractivity contribution in [3.05, 3.63) is 35.9 Å². The summed E-state index contributed by atoms with van der Waals surface area (Å²) in [7, 11) is 0. The molecule has 4 unspecified atom stereocenters. The molecule has 0 spiro atoms. The van der Waals surface area contributed by atoms with Gasteiger partial charge in [0.05, 0.1) is 0 Å². The molecular formula is C21H28N2O2. The van der Waals surface area contributed by atoms with E-state index in [4.69, 9.17) is 4.74 Å². The van der Waals surface area contributed by atoms with Crippen molar-refractivity contribution in [2.24, 2.45) is 17.8 Å². The maximum absolute atomic E-state index is 12.6. The molecule has 2 saturated carbocycles. The Balaban J connectivity index is 1.27. The van der Waals surface area contributed by atoms with Crippen molar-refractivity contribution in [2.75, 3.05) is 19.6 Å². The molecule has 1 N–H and O–H groups in total. The smallest absolute Gasteiger partial charge is 0.407 e. The highest BCUT2D eigenvalue weighted by atomic mass is 16.6. The van der Waals surface area contributed by atoms with Gasteiger partial charge in [-0.1, -0.05) is 30.3 Å². The van der Waals surface area contributed by atoms with Crippen LogP contribution in [-0.4, -0.2) is 42.8 Å². The van der Waals surface area contributed by atoms with Gasteiger partial charge in [0.15, 0.2) is 0 Å². The number of rotatable bonds is 3. The highest BCUT2D eigenvalue weighted by Gasteiger charge is 2.49. The second-order valence-corrected chi connectivity index (χ2v) is 8.52. The molecule has 6 rings (SSSR count). The van der Waals surface area contributed by atoms with Crippen LogP contribution in [0.3, 0.4) is 0 Å². The average molecular weight is 340 g/mol. The van der Waals surface area contributed by atoms with Gasteiger partial charge in [0.2, 0.25) is 0 Å². The molecule has 0 aromatic heterocycles. The summed E-state index contributed by atoms with van der Waals surface area (Å²) in [5.41, 5.74) is 1.38. The number of ether oxygens (including phenoxy) is 1. The number of carbonyl (C=O) groups excluding carboxylic acids is 1. The summed E-state index contributed by atoms with van der Waals surface area (Å²) in [5, 5.41) is 3.29. The maximum atomic E-state index is 12.6. The molecular weight excluding hydrogens is 312 g/mol. The third kappa shape index (κ3) is 2.84. The van der Waals surface area contributed by atoms with Crippen LogP contribution >= 0.6 is 0 Å². The highest BCUT2D eigenvalue weighted by Crippen LogP contribution is 2.53.